The highest BCUT2D eigenvalue weighted by Gasteiger charge is 2.25. The molecule has 0 aliphatic heterocycles. The van der Waals surface area contributed by atoms with E-state index >= 15 is 0 Å². The van der Waals surface area contributed by atoms with E-state index in [1.807, 2.05) is 36.4 Å². The maximum atomic E-state index is 12.5. The van der Waals surface area contributed by atoms with Gasteiger partial charge in [0.2, 0.25) is 0 Å². The van der Waals surface area contributed by atoms with Crippen molar-refractivity contribution in [1.82, 2.24) is 9.97 Å². The Morgan fingerprint density at radius 3 is 2.84 bits per heavy atom. The summed E-state index contributed by atoms with van der Waals surface area (Å²) in [5, 5.41) is 0.578. The maximum absolute atomic E-state index is 12.5. The van der Waals surface area contributed by atoms with E-state index in [-0.39, 0.29) is 5.78 Å². The first-order valence-electron chi connectivity index (χ1n) is 6.07. The standard InChI is InChI=1S/C15H10N2OS/c18-14-9-4-2-1-3-8(9)7-11-10(14)5-6-12-13(11)17-15(19)16-12/h1-6H,7H2,(H2,16,17,19). The van der Waals surface area contributed by atoms with Gasteiger partial charge in [-0.05, 0) is 23.3 Å². The molecule has 1 aliphatic rings. The molecule has 0 amide bonds. The predicted octanol–water partition coefficient (Wildman–Crippen LogP) is 2.99. The average Bonchev–Trinajstić information content (AvgIpc) is 2.80. The molecule has 0 saturated carbocycles. The zero-order chi connectivity index (χ0) is 13.0. The fraction of sp³-hybridized carbons (Fsp3) is 0.0667. The Hall–Kier alpha value is -2.07. The van der Waals surface area contributed by atoms with Crippen LogP contribution >= 0.6 is 12.6 Å². The van der Waals surface area contributed by atoms with Crippen molar-refractivity contribution in [3.05, 3.63) is 58.7 Å². The number of rotatable bonds is 0. The first-order valence-corrected chi connectivity index (χ1v) is 6.52. The van der Waals surface area contributed by atoms with Crippen molar-refractivity contribution in [1.29, 1.82) is 0 Å². The van der Waals surface area contributed by atoms with Gasteiger partial charge >= 0.3 is 0 Å². The summed E-state index contributed by atoms with van der Waals surface area (Å²) in [7, 11) is 0. The zero-order valence-corrected chi connectivity index (χ0v) is 10.9. The molecule has 1 heterocycles. The maximum Gasteiger partial charge on any atom is 0.193 e. The number of hydrogen-bond acceptors (Lipinski definition) is 3. The van der Waals surface area contributed by atoms with Gasteiger partial charge in [-0.3, -0.25) is 4.79 Å². The number of thiol groups is 1. The average molecular weight is 266 g/mol. The number of aromatic amines is 1. The van der Waals surface area contributed by atoms with Crippen LogP contribution in [0.3, 0.4) is 0 Å². The van der Waals surface area contributed by atoms with Gasteiger partial charge in [0.15, 0.2) is 10.9 Å². The Morgan fingerprint density at radius 2 is 1.95 bits per heavy atom. The van der Waals surface area contributed by atoms with Gasteiger partial charge in [-0.1, -0.05) is 24.3 Å². The van der Waals surface area contributed by atoms with Crippen LogP contribution < -0.4 is 0 Å². The fourth-order valence-electron chi connectivity index (χ4n) is 2.75. The smallest absolute Gasteiger partial charge is 0.193 e. The number of hydrogen-bond donors (Lipinski definition) is 2. The largest absolute Gasteiger partial charge is 0.333 e. The van der Waals surface area contributed by atoms with Crippen molar-refractivity contribution >= 4 is 29.4 Å². The Labute approximate surface area is 115 Å². The van der Waals surface area contributed by atoms with Gasteiger partial charge in [0, 0.05) is 17.5 Å². The summed E-state index contributed by atoms with van der Waals surface area (Å²) in [5.41, 5.74) is 5.45. The highest BCUT2D eigenvalue weighted by Crippen LogP contribution is 2.31. The van der Waals surface area contributed by atoms with Crippen LogP contribution in [0.1, 0.15) is 27.0 Å². The van der Waals surface area contributed by atoms with Crippen LogP contribution in [0.2, 0.25) is 0 Å². The number of nitrogens with zero attached hydrogens (tertiary/aromatic N) is 1. The van der Waals surface area contributed by atoms with Crippen LogP contribution in [0.4, 0.5) is 0 Å². The quantitative estimate of drug-likeness (QED) is 0.481. The number of ketones is 1. The second-order valence-electron chi connectivity index (χ2n) is 4.71. The number of carbonyl (C=O) groups excluding carboxylic acids is 1. The number of carbonyl (C=O) groups is 1. The molecule has 4 rings (SSSR count). The van der Waals surface area contributed by atoms with Crippen LogP contribution in [-0.2, 0) is 6.42 Å². The first kappa shape index (κ1) is 10.8. The lowest BCUT2D eigenvalue weighted by Crippen LogP contribution is -2.15. The van der Waals surface area contributed by atoms with Crippen LogP contribution in [0.5, 0.6) is 0 Å². The van der Waals surface area contributed by atoms with Gasteiger partial charge < -0.3 is 4.98 Å². The van der Waals surface area contributed by atoms with Crippen molar-refractivity contribution < 1.29 is 4.79 Å². The van der Waals surface area contributed by atoms with Crippen LogP contribution in [0.15, 0.2) is 41.6 Å². The van der Waals surface area contributed by atoms with Crippen molar-refractivity contribution in [2.24, 2.45) is 0 Å². The molecule has 0 fully saturated rings. The molecule has 0 spiro atoms. The molecule has 1 N–H and O–H groups in total. The Balaban J connectivity index is 2.05. The van der Waals surface area contributed by atoms with Gasteiger partial charge in [0.25, 0.3) is 0 Å². The Morgan fingerprint density at radius 1 is 1.11 bits per heavy atom. The number of nitrogens with one attached hydrogen (secondary N) is 1. The van der Waals surface area contributed by atoms with Crippen LogP contribution in [0, 0.1) is 0 Å². The SMILES string of the molecule is O=C1c2ccccc2Cc2c1ccc1nc(S)[nH]c21. The number of fused-ring (bicyclic) bond motifs is 4. The van der Waals surface area contributed by atoms with E-state index in [1.165, 1.54) is 0 Å². The molecular weight excluding hydrogens is 256 g/mol. The topological polar surface area (TPSA) is 45.8 Å². The molecule has 1 aromatic heterocycles. The first-order chi connectivity index (χ1) is 9.24. The van der Waals surface area contributed by atoms with E-state index < -0.39 is 0 Å². The summed E-state index contributed by atoms with van der Waals surface area (Å²) in [6.07, 6.45) is 0.754. The molecule has 0 saturated heterocycles. The molecule has 0 atom stereocenters. The molecule has 3 aromatic rings. The summed E-state index contributed by atoms with van der Waals surface area (Å²) in [6.45, 7) is 0. The number of H-pyrrole nitrogens is 1. The lowest BCUT2D eigenvalue weighted by Gasteiger charge is -2.18. The van der Waals surface area contributed by atoms with Crippen molar-refractivity contribution in [2.45, 2.75) is 11.6 Å². The third kappa shape index (κ3) is 1.47. The summed E-state index contributed by atoms with van der Waals surface area (Å²) in [6, 6.07) is 11.5. The Kier molecular flexibility index (Phi) is 2.11. The van der Waals surface area contributed by atoms with E-state index in [9.17, 15) is 4.79 Å². The monoisotopic (exact) mass is 266 g/mol. The second-order valence-corrected chi connectivity index (χ2v) is 5.13. The summed E-state index contributed by atoms with van der Waals surface area (Å²) >= 11 is 4.24. The Bertz CT molecular complexity index is 835. The fourth-order valence-corrected chi connectivity index (χ4v) is 2.97. The molecule has 19 heavy (non-hydrogen) atoms. The van der Waals surface area contributed by atoms with Gasteiger partial charge in [-0.25, -0.2) is 4.98 Å². The van der Waals surface area contributed by atoms with Crippen molar-refractivity contribution in [3.8, 4) is 0 Å². The van der Waals surface area contributed by atoms with Gasteiger partial charge in [-0.2, -0.15) is 0 Å². The van der Waals surface area contributed by atoms with Gasteiger partial charge in [0.1, 0.15) is 0 Å². The van der Waals surface area contributed by atoms with E-state index in [1.54, 1.807) is 0 Å². The third-order valence-corrected chi connectivity index (χ3v) is 3.84. The number of imidazole rings is 1. The van der Waals surface area contributed by atoms with Crippen LogP contribution in [0.25, 0.3) is 11.0 Å². The summed E-state index contributed by atoms with van der Waals surface area (Å²) < 4.78 is 0. The molecule has 0 unspecified atom stereocenters. The van der Waals surface area contributed by atoms with Crippen molar-refractivity contribution in [3.63, 3.8) is 0 Å². The molecule has 0 bridgehead atoms. The van der Waals surface area contributed by atoms with E-state index in [0.29, 0.717) is 5.16 Å². The number of benzene rings is 2. The molecule has 92 valence electrons. The molecule has 4 heteroatoms. The summed E-state index contributed by atoms with van der Waals surface area (Å²) in [4.78, 5) is 19.9. The molecule has 3 nitrogen and oxygen atoms in total. The lowest BCUT2D eigenvalue weighted by molar-refractivity contribution is 0.103. The molecule has 0 radical (unpaired) electrons. The highest BCUT2D eigenvalue weighted by atomic mass is 32.1. The highest BCUT2D eigenvalue weighted by molar-refractivity contribution is 7.80. The van der Waals surface area contributed by atoms with Gasteiger partial charge in [0.05, 0.1) is 11.0 Å². The van der Waals surface area contributed by atoms with Crippen LogP contribution in [-0.4, -0.2) is 15.8 Å². The number of aromatic nitrogens is 2. The summed E-state index contributed by atoms with van der Waals surface area (Å²) in [5.74, 6) is 0.0917. The van der Waals surface area contributed by atoms with E-state index in [0.717, 1.165) is 39.7 Å². The predicted molar refractivity (Wildman–Crippen MR) is 76.0 cm³/mol. The molecule has 1 aliphatic carbocycles. The van der Waals surface area contributed by atoms with E-state index in [4.69, 9.17) is 0 Å². The van der Waals surface area contributed by atoms with Gasteiger partial charge in [-0.15, -0.1) is 12.6 Å². The minimum absolute atomic E-state index is 0.0917. The molecular formula is C15H10N2OS. The van der Waals surface area contributed by atoms with E-state index in [2.05, 4.69) is 22.6 Å². The third-order valence-electron chi connectivity index (χ3n) is 3.63. The minimum atomic E-state index is 0.0917. The van der Waals surface area contributed by atoms with Crippen molar-refractivity contribution in [2.75, 3.05) is 0 Å². The molecule has 2 aromatic carbocycles. The minimum Gasteiger partial charge on any atom is -0.333 e. The zero-order valence-electron chi connectivity index (χ0n) is 9.97. The normalized spacial score (nSPS) is 13.4. The lowest BCUT2D eigenvalue weighted by atomic mass is 9.84. The second kappa shape index (κ2) is 3.71.